The van der Waals surface area contributed by atoms with Gasteiger partial charge >= 0.3 is 5.97 Å². The number of anilines is 1. The summed E-state index contributed by atoms with van der Waals surface area (Å²) >= 11 is 6.13. The third kappa shape index (κ3) is 5.03. The van der Waals surface area contributed by atoms with E-state index in [4.69, 9.17) is 16.7 Å². The van der Waals surface area contributed by atoms with Crippen molar-refractivity contribution in [2.24, 2.45) is 11.3 Å². The fraction of sp³-hybridized carbons (Fsp3) is 0.444. The minimum Gasteiger partial charge on any atom is -0.481 e. The molecular formula is C27H29ClN6O5. The minimum absolute atomic E-state index is 0.0924. The highest BCUT2D eigenvalue weighted by atomic mass is 35.5. The Bertz CT molecular complexity index is 1480. The van der Waals surface area contributed by atoms with Crippen LogP contribution in [0, 0.1) is 23.2 Å². The second-order valence-corrected chi connectivity index (χ2v) is 10.4. The average Bonchev–Trinajstić information content (AvgIpc) is 3.45. The van der Waals surface area contributed by atoms with Crippen LogP contribution in [-0.4, -0.2) is 66.0 Å². The van der Waals surface area contributed by atoms with Crippen molar-refractivity contribution in [2.45, 2.75) is 56.9 Å². The summed E-state index contributed by atoms with van der Waals surface area (Å²) in [5.41, 5.74) is 0.783. The lowest BCUT2D eigenvalue weighted by atomic mass is 9.98. The summed E-state index contributed by atoms with van der Waals surface area (Å²) in [4.78, 5) is 37.0. The zero-order chi connectivity index (χ0) is 27.7. The first kappa shape index (κ1) is 26.9. The van der Waals surface area contributed by atoms with Gasteiger partial charge in [0.05, 0.1) is 23.9 Å². The molecule has 5 N–H and O–H groups in total. The molecule has 5 rings (SSSR count). The Morgan fingerprint density at radius 3 is 2.82 bits per heavy atom. The lowest BCUT2D eigenvalue weighted by Gasteiger charge is -2.23. The number of nitrogens with zero attached hydrogens (tertiary/aromatic N) is 4. The molecule has 0 aliphatic heterocycles. The topological polar surface area (TPSA) is 162 Å². The van der Waals surface area contributed by atoms with Gasteiger partial charge in [-0.15, -0.1) is 0 Å². The van der Waals surface area contributed by atoms with Gasteiger partial charge in [0, 0.05) is 37.4 Å². The smallest absolute Gasteiger partial charge is 0.303 e. The minimum atomic E-state index is -1.21. The molecule has 2 aliphatic carbocycles. The number of carbonyl (C=O) groups is 2. The number of carboxylic acid groups (broad SMARTS) is 1. The van der Waals surface area contributed by atoms with E-state index in [0.717, 1.165) is 5.56 Å². The van der Waals surface area contributed by atoms with E-state index in [2.05, 4.69) is 37.4 Å². The summed E-state index contributed by atoms with van der Waals surface area (Å²) in [6.07, 6.45) is 1.35. The van der Waals surface area contributed by atoms with Crippen molar-refractivity contribution in [3.05, 3.63) is 47.0 Å². The Labute approximate surface area is 229 Å². The third-order valence-electron chi connectivity index (χ3n) is 7.56. The molecule has 2 aliphatic rings. The number of nitrogens with one attached hydrogen (secondary N) is 2. The predicted octanol–water partition coefficient (Wildman–Crippen LogP) is 2.12. The number of hydrogen-bond donors (Lipinski definition) is 5. The van der Waals surface area contributed by atoms with E-state index in [1.54, 1.807) is 17.0 Å². The Hall–Kier alpha value is -3.72. The molecule has 3 aromatic rings. The van der Waals surface area contributed by atoms with Crippen molar-refractivity contribution in [1.82, 2.24) is 24.8 Å². The Kier molecular flexibility index (Phi) is 7.44. The highest BCUT2D eigenvalue weighted by Crippen LogP contribution is 2.67. The summed E-state index contributed by atoms with van der Waals surface area (Å²) in [6.45, 7) is 0.411. The fourth-order valence-electron chi connectivity index (χ4n) is 5.56. The predicted molar refractivity (Wildman–Crippen MR) is 143 cm³/mol. The quantitative estimate of drug-likeness (QED) is 0.198. The van der Waals surface area contributed by atoms with Crippen molar-refractivity contribution in [1.29, 1.82) is 0 Å². The molecule has 1 aromatic carbocycles. The van der Waals surface area contributed by atoms with E-state index in [1.165, 1.54) is 7.05 Å². The summed E-state index contributed by atoms with van der Waals surface area (Å²) < 4.78 is 1.70. The largest absolute Gasteiger partial charge is 0.481 e. The molecule has 0 saturated heterocycles. The van der Waals surface area contributed by atoms with Crippen LogP contribution >= 0.6 is 11.6 Å². The zero-order valence-electron chi connectivity index (χ0n) is 21.3. The summed E-state index contributed by atoms with van der Waals surface area (Å²) in [7, 11) is 1.52. The number of halogens is 1. The standard InChI is InChI=1S/C27H29ClN6O5/c1-29-26(39)27-12-17(27)21(22(37)23(27)38)34-14-31-20-24(30-13-15-7-6-8-16(28)11-15)32-18(33-25(20)34)9-4-2-3-5-10-19(35)36/h6-8,11,14,17,21-23,37-38H,2-3,5,10,12-13H2,1H3,(H,29,39)(H,35,36)(H,30,32,33)/t17-,21-,22+,23+,27-/m1/s1. The van der Waals surface area contributed by atoms with Crippen LogP contribution in [0.15, 0.2) is 30.6 Å². The van der Waals surface area contributed by atoms with Crippen LogP contribution in [0.3, 0.4) is 0 Å². The van der Waals surface area contributed by atoms with E-state index in [-0.39, 0.29) is 24.1 Å². The highest BCUT2D eigenvalue weighted by Gasteiger charge is 2.75. The molecule has 0 radical (unpaired) electrons. The van der Waals surface area contributed by atoms with Gasteiger partial charge in [0.15, 0.2) is 17.0 Å². The molecule has 2 saturated carbocycles. The molecule has 1 amide bonds. The maximum Gasteiger partial charge on any atom is 0.303 e. The van der Waals surface area contributed by atoms with Crippen molar-refractivity contribution in [3.63, 3.8) is 0 Å². The number of unbranched alkanes of at least 4 members (excludes halogenated alkanes) is 2. The molecule has 0 unspecified atom stereocenters. The Morgan fingerprint density at radius 1 is 1.26 bits per heavy atom. The number of carboxylic acids is 1. The van der Waals surface area contributed by atoms with Crippen LogP contribution in [0.1, 0.15) is 49.5 Å². The highest BCUT2D eigenvalue weighted by molar-refractivity contribution is 6.30. The third-order valence-corrected chi connectivity index (χ3v) is 7.79. The normalized spacial score (nSPS) is 25.0. The fourth-order valence-corrected chi connectivity index (χ4v) is 5.78. The number of rotatable bonds is 9. The Morgan fingerprint density at radius 2 is 2.08 bits per heavy atom. The molecule has 39 heavy (non-hydrogen) atoms. The summed E-state index contributed by atoms with van der Waals surface area (Å²) in [5, 5.41) is 37.1. The van der Waals surface area contributed by atoms with E-state index in [1.807, 2.05) is 18.2 Å². The van der Waals surface area contributed by atoms with Crippen LogP contribution in [0.4, 0.5) is 5.82 Å². The van der Waals surface area contributed by atoms with Crippen LogP contribution in [0.5, 0.6) is 0 Å². The van der Waals surface area contributed by atoms with Gasteiger partial charge in [-0.1, -0.05) is 29.7 Å². The number of aliphatic carboxylic acids is 1. The first-order valence-electron chi connectivity index (χ1n) is 12.8. The van der Waals surface area contributed by atoms with Crippen LogP contribution in [0.2, 0.25) is 5.02 Å². The molecule has 5 atom stereocenters. The number of amides is 1. The van der Waals surface area contributed by atoms with E-state index in [9.17, 15) is 19.8 Å². The maximum atomic E-state index is 12.6. The number of hydrogen-bond acceptors (Lipinski definition) is 8. The van der Waals surface area contributed by atoms with Gasteiger partial charge in [0.2, 0.25) is 11.7 Å². The second-order valence-electron chi connectivity index (χ2n) is 9.96. The SMILES string of the molecule is CNC(=O)[C@]12C[C@@H]1[C@@H](n1cnc3c(NCc4cccc(Cl)c4)nc(C#CCCCCC(=O)O)nc31)[C@H](O)[C@@H]2O. The van der Waals surface area contributed by atoms with E-state index in [0.29, 0.717) is 54.2 Å². The lowest BCUT2D eigenvalue weighted by molar-refractivity contribution is -0.137. The number of fused-ring (bicyclic) bond motifs is 2. The number of benzene rings is 1. The van der Waals surface area contributed by atoms with Gasteiger partial charge in [0.25, 0.3) is 0 Å². The first-order chi connectivity index (χ1) is 18.8. The number of aliphatic hydroxyl groups is 2. The number of carbonyl (C=O) groups excluding carboxylic acids is 1. The molecule has 11 nitrogen and oxygen atoms in total. The van der Waals surface area contributed by atoms with Gasteiger partial charge in [0.1, 0.15) is 6.10 Å². The molecule has 0 spiro atoms. The molecule has 2 heterocycles. The number of aliphatic hydroxyl groups excluding tert-OH is 2. The van der Waals surface area contributed by atoms with Crippen molar-refractivity contribution in [3.8, 4) is 11.8 Å². The molecule has 2 fully saturated rings. The van der Waals surface area contributed by atoms with Crippen molar-refractivity contribution >= 4 is 40.5 Å². The van der Waals surface area contributed by atoms with E-state index < -0.39 is 29.6 Å². The van der Waals surface area contributed by atoms with Crippen molar-refractivity contribution in [2.75, 3.05) is 12.4 Å². The molecule has 0 bridgehead atoms. The molecule has 2 aromatic heterocycles. The van der Waals surface area contributed by atoms with Crippen LogP contribution in [-0.2, 0) is 16.1 Å². The average molecular weight is 553 g/mol. The van der Waals surface area contributed by atoms with Gasteiger partial charge in [-0.2, -0.15) is 0 Å². The molecular weight excluding hydrogens is 524 g/mol. The van der Waals surface area contributed by atoms with Gasteiger partial charge < -0.3 is 30.5 Å². The number of imidazole rings is 1. The Balaban J connectivity index is 1.47. The second kappa shape index (κ2) is 10.8. The first-order valence-corrected chi connectivity index (χ1v) is 13.2. The van der Waals surface area contributed by atoms with Crippen molar-refractivity contribution < 1.29 is 24.9 Å². The molecule has 12 heteroatoms. The van der Waals surface area contributed by atoms with E-state index >= 15 is 0 Å². The monoisotopic (exact) mass is 552 g/mol. The van der Waals surface area contributed by atoms with Crippen LogP contribution < -0.4 is 10.6 Å². The van der Waals surface area contributed by atoms with Gasteiger partial charge in [-0.25, -0.2) is 15.0 Å². The zero-order valence-corrected chi connectivity index (χ0v) is 22.0. The van der Waals surface area contributed by atoms with Gasteiger partial charge in [-0.3, -0.25) is 9.59 Å². The van der Waals surface area contributed by atoms with Gasteiger partial charge in [-0.05, 0) is 42.9 Å². The summed E-state index contributed by atoms with van der Waals surface area (Å²) in [6, 6.07) is 6.81. The summed E-state index contributed by atoms with van der Waals surface area (Å²) in [5.74, 6) is 5.23. The number of aromatic nitrogens is 4. The van der Waals surface area contributed by atoms with Crippen LogP contribution in [0.25, 0.3) is 11.2 Å². The maximum absolute atomic E-state index is 12.6. The molecule has 204 valence electrons. The lowest BCUT2D eigenvalue weighted by Crippen LogP contribution is -2.41.